The predicted molar refractivity (Wildman–Crippen MR) is 117 cm³/mol. The Kier molecular flexibility index (Phi) is 5.31. The first kappa shape index (κ1) is 19.1. The average molecular weight is 410 g/mol. The standard InChI is InChI=1S/C22H22N2O4S/c1-25-15-9-10-16(26-2)20-19(15)17(27-3)11-13(21(20)28-4)12-23-22-24-14-7-5-6-8-18(14)29-22/h5-11H,12H2,1-4H3,(H,23,24). The van der Waals surface area contributed by atoms with Crippen LogP contribution in [0.5, 0.6) is 23.0 Å². The van der Waals surface area contributed by atoms with Crippen molar-refractivity contribution in [2.75, 3.05) is 33.8 Å². The molecule has 0 aliphatic heterocycles. The molecule has 0 aliphatic rings. The van der Waals surface area contributed by atoms with Gasteiger partial charge in [-0.05, 0) is 30.3 Å². The van der Waals surface area contributed by atoms with E-state index in [9.17, 15) is 0 Å². The van der Waals surface area contributed by atoms with Crippen LogP contribution < -0.4 is 24.3 Å². The molecule has 0 bridgehead atoms. The molecule has 0 atom stereocenters. The van der Waals surface area contributed by atoms with Crippen molar-refractivity contribution in [3.63, 3.8) is 0 Å². The molecule has 0 spiro atoms. The van der Waals surface area contributed by atoms with Gasteiger partial charge < -0.3 is 24.3 Å². The molecule has 1 aromatic heterocycles. The Morgan fingerprint density at radius 2 is 1.52 bits per heavy atom. The molecule has 0 unspecified atom stereocenters. The number of thiazole rings is 1. The van der Waals surface area contributed by atoms with Crippen molar-refractivity contribution >= 4 is 37.5 Å². The molecule has 0 amide bonds. The van der Waals surface area contributed by atoms with Crippen molar-refractivity contribution in [2.24, 2.45) is 0 Å². The van der Waals surface area contributed by atoms with Crippen LogP contribution in [-0.4, -0.2) is 33.4 Å². The fourth-order valence-corrected chi connectivity index (χ4v) is 4.34. The summed E-state index contributed by atoms with van der Waals surface area (Å²) in [6.07, 6.45) is 0. The molecule has 0 saturated carbocycles. The van der Waals surface area contributed by atoms with Crippen molar-refractivity contribution in [1.82, 2.24) is 4.98 Å². The molecule has 0 saturated heterocycles. The maximum atomic E-state index is 5.80. The molecule has 4 rings (SSSR count). The number of fused-ring (bicyclic) bond motifs is 2. The summed E-state index contributed by atoms with van der Waals surface area (Å²) in [4.78, 5) is 4.64. The Hall–Kier alpha value is -3.19. The Morgan fingerprint density at radius 1 is 0.828 bits per heavy atom. The Bertz CT molecular complexity index is 1140. The third kappa shape index (κ3) is 3.38. The molecular weight excluding hydrogens is 388 g/mol. The first-order chi connectivity index (χ1) is 14.2. The van der Waals surface area contributed by atoms with Gasteiger partial charge in [0.2, 0.25) is 0 Å². The molecule has 1 N–H and O–H groups in total. The second-order valence-electron chi connectivity index (χ2n) is 6.33. The predicted octanol–water partition coefficient (Wildman–Crippen LogP) is 5.10. The summed E-state index contributed by atoms with van der Waals surface area (Å²) in [7, 11) is 6.57. The van der Waals surface area contributed by atoms with Crippen LogP contribution in [0.25, 0.3) is 21.0 Å². The molecule has 1 heterocycles. The Morgan fingerprint density at radius 3 is 2.17 bits per heavy atom. The lowest BCUT2D eigenvalue weighted by molar-refractivity contribution is 0.390. The van der Waals surface area contributed by atoms with E-state index >= 15 is 0 Å². The highest BCUT2D eigenvalue weighted by molar-refractivity contribution is 7.22. The first-order valence-corrected chi connectivity index (χ1v) is 9.89. The van der Waals surface area contributed by atoms with Crippen LogP contribution in [0.3, 0.4) is 0 Å². The molecule has 4 aromatic rings. The molecule has 29 heavy (non-hydrogen) atoms. The van der Waals surface area contributed by atoms with Crippen LogP contribution in [0.4, 0.5) is 5.13 Å². The van der Waals surface area contributed by atoms with Gasteiger partial charge in [-0.1, -0.05) is 23.5 Å². The number of methoxy groups -OCH3 is 4. The molecular formula is C22H22N2O4S. The average Bonchev–Trinajstić information content (AvgIpc) is 3.19. The highest BCUT2D eigenvalue weighted by Gasteiger charge is 2.21. The van der Waals surface area contributed by atoms with Crippen LogP contribution in [0.15, 0.2) is 42.5 Å². The number of nitrogens with one attached hydrogen (secondary N) is 1. The molecule has 3 aromatic carbocycles. The number of ether oxygens (including phenoxy) is 4. The minimum atomic E-state index is 0.523. The largest absolute Gasteiger partial charge is 0.496 e. The fraction of sp³-hybridized carbons (Fsp3) is 0.227. The summed E-state index contributed by atoms with van der Waals surface area (Å²) in [5.41, 5.74) is 1.91. The lowest BCUT2D eigenvalue weighted by Crippen LogP contribution is -2.04. The SMILES string of the molecule is COc1ccc(OC)c2c(OC)c(CNc3nc4ccccc4s3)cc(OC)c12. The van der Waals surface area contributed by atoms with E-state index in [1.54, 1.807) is 39.8 Å². The van der Waals surface area contributed by atoms with Gasteiger partial charge in [-0.15, -0.1) is 0 Å². The van der Waals surface area contributed by atoms with Crippen molar-refractivity contribution in [1.29, 1.82) is 0 Å². The molecule has 150 valence electrons. The molecule has 6 nitrogen and oxygen atoms in total. The van der Waals surface area contributed by atoms with Gasteiger partial charge in [0.1, 0.15) is 23.0 Å². The van der Waals surface area contributed by atoms with E-state index in [0.717, 1.165) is 31.7 Å². The number of nitrogens with zero attached hydrogens (tertiary/aromatic N) is 1. The van der Waals surface area contributed by atoms with Crippen LogP contribution >= 0.6 is 11.3 Å². The van der Waals surface area contributed by atoms with E-state index in [1.807, 2.05) is 36.4 Å². The van der Waals surface area contributed by atoms with Gasteiger partial charge in [0.25, 0.3) is 0 Å². The van der Waals surface area contributed by atoms with Crippen molar-refractivity contribution in [3.05, 3.63) is 48.0 Å². The minimum absolute atomic E-state index is 0.523. The Labute approximate surface area is 173 Å². The van der Waals surface area contributed by atoms with E-state index in [2.05, 4.69) is 16.4 Å². The van der Waals surface area contributed by atoms with Gasteiger partial charge in [-0.3, -0.25) is 0 Å². The lowest BCUT2D eigenvalue weighted by atomic mass is 10.0. The first-order valence-electron chi connectivity index (χ1n) is 9.08. The van der Waals surface area contributed by atoms with Gasteiger partial charge in [0.05, 0.1) is 49.4 Å². The van der Waals surface area contributed by atoms with Crippen LogP contribution in [-0.2, 0) is 6.54 Å². The fourth-order valence-electron chi connectivity index (χ4n) is 3.48. The topological polar surface area (TPSA) is 61.8 Å². The highest BCUT2D eigenvalue weighted by Crippen LogP contribution is 2.46. The zero-order chi connectivity index (χ0) is 20.4. The Balaban J connectivity index is 1.81. The summed E-state index contributed by atoms with van der Waals surface area (Å²) in [5.74, 6) is 2.79. The number of anilines is 1. The number of para-hydroxylation sites is 1. The van der Waals surface area contributed by atoms with E-state index in [0.29, 0.717) is 29.5 Å². The smallest absolute Gasteiger partial charge is 0.184 e. The number of hydrogen-bond donors (Lipinski definition) is 1. The van der Waals surface area contributed by atoms with Gasteiger partial charge in [0, 0.05) is 12.1 Å². The van der Waals surface area contributed by atoms with E-state index < -0.39 is 0 Å². The molecule has 0 radical (unpaired) electrons. The summed E-state index contributed by atoms with van der Waals surface area (Å²) >= 11 is 1.62. The van der Waals surface area contributed by atoms with Crippen LogP contribution in [0.1, 0.15) is 5.56 Å². The van der Waals surface area contributed by atoms with Crippen molar-refractivity contribution in [3.8, 4) is 23.0 Å². The maximum Gasteiger partial charge on any atom is 0.184 e. The maximum absolute atomic E-state index is 5.80. The van der Waals surface area contributed by atoms with Gasteiger partial charge in [-0.2, -0.15) is 0 Å². The normalized spacial score (nSPS) is 10.9. The van der Waals surface area contributed by atoms with Crippen LogP contribution in [0, 0.1) is 0 Å². The van der Waals surface area contributed by atoms with E-state index in [4.69, 9.17) is 18.9 Å². The van der Waals surface area contributed by atoms with Crippen LogP contribution in [0.2, 0.25) is 0 Å². The highest BCUT2D eigenvalue weighted by atomic mass is 32.1. The third-order valence-electron chi connectivity index (χ3n) is 4.79. The number of benzene rings is 3. The van der Waals surface area contributed by atoms with Gasteiger partial charge in [0.15, 0.2) is 5.13 Å². The number of aromatic nitrogens is 1. The number of hydrogen-bond acceptors (Lipinski definition) is 7. The molecule has 0 fully saturated rings. The number of rotatable bonds is 7. The van der Waals surface area contributed by atoms with Gasteiger partial charge in [-0.25, -0.2) is 4.98 Å². The molecule has 0 aliphatic carbocycles. The lowest BCUT2D eigenvalue weighted by Gasteiger charge is -2.19. The monoisotopic (exact) mass is 410 g/mol. The van der Waals surface area contributed by atoms with E-state index in [1.165, 1.54) is 0 Å². The van der Waals surface area contributed by atoms with Crippen molar-refractivity contribution < 1.29 is 18.9 Å². The summed E-state index contributed by atoms with van der Waals surface area (Å²) in [6.45, 7) is 0.523. The quantitative estimate of drug-likeness (QED) is 0.458. The zero-order valence-corrected chi connectivity index (χ0v) is 17.6. The van der Waals surface area contributed by atoms with Crippen molar-refractivity contribution in [2.45, 2.75) is 6.54 Å². The third-order valence-corrected chi connectivity index (χ3v) is 5.78. The van der Waals surface area contributed by atoms with Gasteiger partial charge >= 0.3 is 0 Å². The second-order valence-corrected chi connectivity index (χ2v) is 7.36. The summed E-state index contributed by atoms with van der Waals surface area (Å²) in [5, 5.41) is 5.89. The summed E-state index contributed by atoms with van der Waals surface area (Å²) in [6, 6.07) is 13.8. The molecule has 7 heteroatoms. The zero-order valence-electron chi connectivity index (χ0n) is 16.7. The summed E-state index contributed by atoms with van der Waals surface area (Å²) < 4.78 is 23.8. The second kappa shape index (κ2) is 8.05. The minimum Gasteiger partial charge on any atom is -0.496 e. The van der Waals surface area contributed by atoms with E-state index in [-0.39, 0.29) is 0 Å².